The van der Waals surface area contributed by atoms with Crippen LogP contribution in [0.4, 0.5) is 0 Å². The van der Waals surface area contributed by atoms with Crippen molar-refractivity contribution in [3.8, 4) is 0 Å². The molecule has 0 spiro atoms. The van der Waals surface area contributed by atoms with Gasteiger partial charge in [-0.2, -0.15) is 0 Å². The van der Waals surface area contributed by atoms with E-state index in [1.165, 1.54) is 0 Å². The van der Waals surface area contributed by atoms with Crippen molar-refractivity contribution in [2.24, 2.45) is 11.8 Å². The molecule has 0 aromatic carbocycles. The third kappa shape index (κ3) is 9.08. The van der Waals surface area contributed by atoms with Gasteiger partial charge in [0.05, 0.1) is 30.8 Å². The second kappa shape index (κ2) is 15.8. The van der Waals surface area contributed by atoms with Crippen LogP contribution in [0.5, 0.6) is 0 Å². The number of amides is 3. The Morgan fingerprint density at radius 1 is 1.05 bits per heavy atom. The van der Waals surface area contributed by atoms with Gasteiger partial charge in [0.15, 0.2) is 0 Å². The topological polar surface area (TPSA) is 127 Å². The summed E-state index contributed by atoms with van der Waals surface area (Å²) in [4.78, 5) is 53.9. The fourth-order valence-corrected chi connectivity index (χ4v) is 6.15. The SMILES string of the molecule is CN1C(=O)C[C@H](C(=O)NCCOC2CCC(OCCCC(=O)NC3CCC([C-]=O)CC3)CC2)[C@H]1c1cccnc1.[Es]. The van der Waals surface area contributed by atoms with Gasteiger partial charge in [0.2, 0.25) is 17.7 Å². The van der Waals surface area contributed by atoms with Crippen molar-refractivity contribution < 1.29 is 28.7 Å². The second-order valence-electron chi connectivity index (χ2n) is 11.3. The third-order valence-corrected chi connectivity index (χ3v) is 8.49. The van der Waals surface area contributed by atoms with E-state index in [1.807, 2.05) is 12.1 Å². The molecule has 3 fully saturated rings. The number of pyridine rings is 1. The number of nitrogens with zero attached hydrogens (tertiary/aromatic N) is 2. The minimum atomic E-state index is -0.442. The van der Waals surface area contributed by atoms with E-state index in [1.54, 1.807) is 24.3 Å². The molecular formula is C30H43EsN4O6-. The van der Waals surface area contributed by atoms with E-state index in [0.29, 0.717) is 32.6 Å². The van der Waals surface area contributed by atoms with E-state index in [0.717, 1.165) is 56.9 Å². The Kier molecular flexibility index (Phi) is 12.2. The minimum Gasteiger partial charge on any atom is -0.542 e. The van der Waals surface area contributed by atoms with Gasteiger partial charge < -0.3 is 29.8 Å². The molecule has 1 aromatic rings. The van der Waals surface area contributed by atoms with Crippen molar-refractivity contribution in [3.05, 3.63) is 30.1 Å². The Hall–Kier alpha value is -3.85. The molecule has 2 aliphatic carbocycles. The van der Waals surface area contributed by atoms with Crippen molar-refractivity contribution >= 4 is 24.0 Å². The van der Waals surface area contributed by atoms with E-state index in [4.69, 9.17) is 9.47 Å². The van der Waals surface area contributed by atoms with Crippen molar-refractivity contribution in [1.29, 1.82) is 0 Å². The number of carbonyl (C=O) groups excluding carboxylic acids is 4. The van der Waals surface area contributed by atoms with Gasteiger partial charge in [0.25, 0.3) is 0 Å². The Morgan fingerprint density at radius 2 is 1.73 bits per heavy atom. The van der Waals surface area contributed by atoms with Gasteiger partial charge >= 0.3 is 0 Å². The van der Waals surface area contributed by atoms with E-state index in [9.17, 15) is 19.2 Å². The minimum absolute atomic E-state index is 0. The first-order valence-corrected chi connectivity index (χ1v) is 14.8. The third-order valence-electron chi connectivity index (χ3n) is 8.49. The van der Waals surface area contributed by atoms with E-state index >= 15 is 0 Å². The van der Waals surface area contributed by atoms with Gasteiger partial charge in [-0.05, 0) is 56.6 Å². The number of hydrogen-bond donors (Lipinski definition) is 2. The standard InChI is InChI=1S/C30H43N4O6.Es/c1-34-28(37)18-26(29(34)22-4-2-14-31-19-22)30(38)32-15-17-40-25-12-10-24(11-13-25)39-16-3-5-27(36)33-23-8-6-21(20-35)7-9-23;/h2,4,14,19,21,23-26,29H,3,5-13,15-18H2,1H3,(H,32,38)(H,33,36);/q-1;/t21?,23?,24?,25?,26-,29+;/m0./s1. The van der Waals surface area contributed by atoms with Crippen molar-refractivity contribution in [1.82, 2.24) is 20.5 Å². The molecule has 2 N–H and O–H groups in total. The first-order chi connectivity index (χ1) is 19.4. The molecule has 4 rings (SSSR count). The summed E-state index contributed by atoms with van der Waals surface area (Å²) >= 11 is 0. The molecule has 0 bridgehead atoms. The summed E-state index contributed by atoms with van der Waals surface area (Å²) in [5, 5.41) is 6.03. The smallest absolute Gasteiger partial charge is 0.226 e. The van der Waals surface area contributed by atoms with Crippen LogP contribution >= 0.6 is 0 Å². The van der Waals surface area contributed by atoms with Crippen LogP contribution in [0, 0.1) is 11.8 Å². The predicted molar refractivity (Wildman–Crippen MR) is 148 cm³/mol. The number of likely N-dealkylation sites (tertiary alicyclic amines) is 1. The van der Waals surface area contributed by atoms with Crippen LogP contribution in [0.3, 0.4) is 0 Å². The van der Waals surface area contributed by atoms with Gasteiger partial charge in [-0.1, -0.05) is 18.9 Å². The summed E-state index contributed by atoms with van der Waals surface area (Å²) in [5.74, 6) is -0.523. The van der Waals surface area contributed by atoms with Crippen molar-refractivity contribution in [3.63, 3.8) is 0 Å². The Morgan fingerprint density at radius 3 is 2.37 bits per heavy atom. The number of ether oxygens (including phenoxy) is 2. The summed E-state index contributed by atoms with van der Waals surface area (Å²) in [6.45, 7) is 1.41. The largest absolute Gasteiger partial charge is 0.542 e. The molecule has 2 atom stereocenters. The van der Waals surface area contributed by atoms with Gasteiger partial charge in [-0.25, -0.2) is 0 Å². The molecule has 0 unspecified atom stereocenters. The average Bonchev–Trinajstić information content (AvgIpc) is 3.28. The molecule has 11 heteroatoms. The number of rotatable bonds is 13. The van der Waals surface area contributed by atoms with Crippen LogP contribution < -0.4 is 10.6 Å². The molecule has 1 saturated heterocycles. The number of nitrogens with one attached hydrogen (secondary N) is 2. The van der Waals surface area contributed by atoms with Gasteiger partial charge in [0.1, 0.15) is 0 Å². The van der Waals surface area contributed by atoms with Gasteiger partial charge in [-0.15, -0.1) is 5.92 Å². The zero-order chi connectivity index (χ0) is 28.3. The molecule has 1 radical (unpaired) electrons. The molecule has 231 valence electrons. The average molecular weight is 808 g/mol. The molecule has 2 heterocycles. The molecule has 10 nitrogen and oxygen atoms in total. The second-order valence-corrected chi connectivity index (χ2v) is 11.3. The zero-order valence-electron chi connectivity index (χ0n) is 23.8. The van der Waals surface area contributed by atoms with E-state index < -0.39 is 5.92 Å². The summed E-state index contributed by atoms with van der Waals surface area (Å²) in [7, 11) is 1.73. The quantitative estimate of drug-likeness (QED) is 0.232. The number of aromatic nitrogens is 1. The van der Waals surface area contributed by atoms with Crippen LogP contribution in [-0.2, 0) is 28.7 Å². The van der Waals surface area contributed by atoms with Crippen LogP contribution in [-0.4, -0.2) is 78.9 Å². The molecule has 3 aliphatic rings. The van der Waals surface area contributed by atoms with E-state index in [2.05, 4.69) is 21.9 Å². The number of hydrogen-bond acceptors (Lipinski definition) is 7. The summed E-state index contributed by atoms with van der Waals surface area (Å²) in [6, 6.07) is 3.59. The Balaban J connectivity index is 0.00000462. The monoisotopic (exact) mass is 807 g/mol. The summed E-state index contributed by atoms with van der Waals surface area (Å²) < 4.78 is 12.0. The van der Waals surface area contributed by atoms with Gasteiger partial charge in [-0.3, -0.25) is 25.7 Å². The normalized spacial score (nSPS) is 28.0. The molecule has 1 aromatic heterocycles. The van der Waals surface area contributed by atoms with Crippen LogP contribution in [0.15, 0.2) is 24.5 Å². The van der Waals surface area contributed by atoms with Crippen LogP contribution in [0.1, 0.15) is 82.2 Å². The summed E-state index contributed by atoms with van der Waals surface area (Å²) in [6.07, 6.45) is 14.1. The maximum atomic E-state index is 12.9. The van der Waals surface area contributed by atoms with E-state index in [-0.39, 0.29) is 54.4 Å². The number of carbonyl (C=O) groups is 3. The van der Waals surface area contributed by atoms with Crippen LogP contribution in [0.25, 0.3) is 0 Å². The first kappa shape index (κ1) is 31.7. The van der Waals surface area contributed by atoms with Crippen molar-refractivity contribution in [2.45, 2.75) is 94.9 Å². The first-order valence-electron chi connectivity index (χ1n) is 14.8. The van der Waals surface area contributed by atoms with Crippen molar-refractivity contribution in [2.75, 3.05) is 26.8 Å². The Bertz CT molecular complexity index is 982. The van der Waals surface area contributed by atoms with Crippen LogP contribution in [0.2, 0.25) is 0 Å². The molecular weight excluding hydrogens is 764 g/mol. The Labute approximate surface area is 236 Å². The summed E-state index contributed by atoms with van der Waals surface area (Å²) in [5.41, 5.74) is 0.864. The van der Waals surface area contributed by atoms with Gasteiger partial charge in [0, 0.05) is 51.5 Å². The zero-order valence-corrected chi connectivity index (χ0v) is 26.3. The molecule has 3 amide bonds. The predicted octanol–water partition coefficient (Wildman–Crippen LogP) is 2.63. The molecule has 2 saturated carbocycles. The molecule has 1 aliphatic heterocycles. The maximum absolute atomic E-state index is 12.9. The fraction of sp³-hybridized carbons (Fsp3) is 0.700. The fourth-order valence-electron chi connectivity index (χ4n) is 6.15. The maximum Gasteiger partial charge on any atom is 0.226 e. The molecule has 41 heavy (non-hydrogen) atoms.